The van der Waals surface area contributed by atoms with E-state index in [4.69, 9.17) is 4.74 Å². The van der Waals surface area contributed by atoms with Crippen molar-refractivity contribution in [3.63, 3.8) is 0 Å². The first-order valence-corrected chi connectivity index (χ1v) is 8.78. The van der Waals surface area contributed by atoms with E-state index in [1.54, 1.807) is 12.1 Å². The minimum atomic E-state index is -3.57. The first kappa shape index (κ1) is 15.4. The van der Waals surface area contributed by atoms with Crippen LogP contribution < -0.4 is 15.4 Å². The van der Waals surface area contributed by atoms with Crippen LogP contribution in [0, 0.1) is 0 Å². The van der Waals surface area contributed by atoms with Crippen LogP contribution in [0.3, 0.4) is 0 Å². The van der Waals surface area contributed by atoms with Crippen molar-refractivity contribution >= 4 is 21.6 Å². The van der Waals surface area contributed by atoms with Crippen LogP contribution in [0.25, 0.3) is 0 Å². The molecular weight excluding hydrogens is 306 g/mol. The Morgan fingerprint density at radius 3 is 3.00 bits per heavy atom. The van der Waals surface area contributed by atoms with Gasteiger partial charge in [0.05, 0.1) is 24.0 Å². The summed E-state index contributed by atoms with van der Waals surface area (Å²) in [5.41, 5.74) is 1.40. The van der Waals surface area contributed by atoms with Crippen molar-refractivity contribution in [2.45, 2.75) is 23.8 Å². The average molecular weight is 325 g/mol. The molecule has 0 spiro atoms. The fraction of sp³-hybridized carbons (Fsp3) is 0.500. The summed E-state index contributed by atoms with van der Waals surface area (Å²) in [7, 11) is -3.57. The molecule has 0 saturated carbocycles. The summed E-state index contributed by atoms with van der Waals surface area (Å²) < 4.78 is 32.7. The van der Waals surface area contributed by atoms with Gasteiger partial charge >= 0.3 is 0 Å². The fourth-order valence-electron chi connectivity index (χ4n) is 2.62. The molecule has 2 aliphatic heterocycles. The van der Waals surface area contributed by atoms with Crippen LogP contribution in [-0.4, -0.2) is 46.7 Å². The second-order valence-corrected chi connectivity index (χ2v) is 7.19. The van der Waals surface area contributed by atoms with Crippen LogP contribution >= 0.6 is 0 Å². The number of morpholine rings is 1. The van der Waals surface area contributed by atoms with E-state index in [1.807, 2.05) is 0 Å². The van der Waals surface area contributed by atoms with Gasteiger partial charge in [0.15, 0.2) is 0 Å². The van der Waals surface area contributed by atoms with Gasteiger partial charge in [-0.3, -0.25) is 4.79 Å². The lowest BCUT2D eigenvalue weighted by molar-refractivity contribution is -0.115. The Bertz CT molecular complexity index is 669. The Kier molecular flexibility index (Phi) is 4.44. The zero-order chi connectivity index (χ0) is 15.6. The summed E-state index contributed by atoms with van der Waals surface area (Å²) in [4.78, 5) is 11.5. The van der Waals surface area contributed by atoms with Gasteiger partial charge in [-0.05, 0) is 30.2 Å². The third-order valence-corrected chi connectivity index (χ3v) is 5.23. The number of sulfonamides is 1. The van der Waals surface area contributed by atoms with Gasteiger partial charge in [-0.15, -0.1) is 0 Å². The number of carbonyl (C=O) groups excluding carboxylic acids is 1. The second kappa shape index (κ2) is 6.33. The van der Waals surface area contributed by atoms with E-state index in [2.05, 4.69) is 15.4 Å². The number of rotatable bonds is 5. The number of carbonyl (C=O) groups is 1. The molecule has 1 atom stereocenters. The van der Waals surface area contributed by atoms with Gasteiger partial charge in [-0.2, -0.15) is 0 Å². The van der Waals surface area contributed by atoms with Gasteiger partial charge in [-0.25, -0.2) is 13.1 Å². The van der Waals surface area contributed by atoms with Crippen molar-refractivity contribution in [2.75, 3.05) is 31.6 Å². The van der Waals surface area contributed by atoms with Crippen LogP contribution in [0.4, 0.5) is 5.69 Å². The van der Waals surface area contributed by atoms with Gasteiger partial charge in [-0.1, -0.05) is 0 Å². The molecule has 1 aromatic rings. The molecule has 3 rings (SSSR count). The first-order valence-electron chi connectivity index (χ1n) is 7.29. The Morgan fingerprint density at radius 1 is 1.36 bits per heavy atom. The van der Waals surface area contributed by atoms with E-state index in [0.717, 1.165) is 13.1 Å². The van der Waals surface area contributed by atoms with E-state index in [9.17, 15) is 13.2 Å². The zero-order valence-electron chi connectivity index (χ0n) is 12.1. The van der Waals surface area contributed by atoms with Crippen molar-refractivity contribution in [3.8, 4) is 0 Å². The van der Waals surface area contributed by atoms with E-state index in [1.165, 1.54) is 6.07 Å². The Labute approximate surface area is 129 Å². The number of amides is 1. The maximum atomic E-state index is 12.3. The highest BCUT2D eigenvalue weighted by Crippen LogP contribution is 2.25. The van der Waals surface area contributed by atoms with E-state index in [-0.39, 0.29) is 23.3 Å². The number of anilines is 1. The molecule has 0 aromatic heterocycles. The lowest BCUT2D eigenvalue weighted by Gasteiger charge is -2.23. The highest BCUT2D eigenvalue weighted by Gasteiger charge is 2.22. The molecule has 1 saturated heterocycles. The van der Waals surface area contributed by atoms with Crippen LogP contribution in [0.5, 0.6) is 0 Å². The summed E-state index contributed by atoms with van der Waals surface area (Å²) in [5.74, 6) is -0.112. The molecule has 0 radical (unpaired) electrons. The third kappa shape index (κ3) is 3.46. The molecule has 1 aromatic carbocycles. The Hall–Kier alpha value is -1.48. The van der Waals surface area contributed by atoms with E-state index >= 15 is 0 Å². The molecule has 8 heteroatoms. The fourth-order valence-corrected chi connectivity index (χ4v) is 3.71. The predicted molar refractivity (Wildman–Crippen MR) is 81.2 cm³/mol. The highest BCUT2D eigenvalue weighted by atomic mass is 32.2. The van der Waals surface area contributed by atoms with Crippen LogP contribution in [0.2, 0.25) is 0 Å². The van der Waals surface area contributed by atoms with Crippen molar-refractivity contribution in [1.82, 2.24) is 10.0 Å². The molecule has 2 aliphatic rings. The molecule has 120 valence electrons. The summed E-state index contributed by atoms with van der Waals surface area (Å²) in [6.07, 6.45) is 0.885. The number of benzene rings is 1. The van der Waals surface area contributed by atoms with Gasteiger partial charge in [0.2, 0.25) is 15.9 Å². The molecule has 7 nitrogen and oxygen atoms in total. The molecule has 0 aliphatic carbocycles. The first-order chi connectivity index (χ1) is 10.5. The van der Waals surface area contributed by atoms with Gasteiger partial charge in [0.25, 0.3) is 0 Å². The molecule has 1 unspecified atom stereocenters. The topological polar surface area (TPSA) is 96.5 Å². The quantitative estimate of drug-likeness (QED) is 0.699. The smallest absolute Gasteiger partial charge is 0.240 e. The average Bonchev–Trinajstić information content (AvgIpc) is 2.87. The largest absolute Gasteiger partial charge is 0.376 e. The maximum Gasteiger partial charge on any atom is 0.240 e. The third-order valence-electron chi connectivity index (χ3n) is 3.77. The SMILES string of the molecule is O=C1Cc2cc(S(=O)(=O)NCCC3CNCCO3)ccc2N1. The monoisotopic (exact) mass is 325 g/mol. The lowest BCUT2D eigenvalue weighted by Crippen LogP contribution is -2.40. The number of hydrogen-bond acceptors (Lipinski definition) is 5. The molecule has 1 fully saturated rings. The van der Waals surface area contributed by atoms with Gasteiger partial charge in [0.1, 0.15) is 0 Å². The molecule has 3 N–H and O–H groups in total. The highest BCUT2D eigenvalue weighted by molar-refractivity contribution is 7.89. The maximum absolute atomic E-state index is 12.3. The lowest BCUT2D eigenvalue weighted by atomic mass is 10.2. The molecular formula is C14H19N3O4S. The summed E-state index contributed by atoms with van der Waals surface area (Å²) in [5, 5.41) is 5.89. The second-order valence-electron chi connectivity index (χ2n) is 5.43. The number of nitrogens with one attached hydrogen (secondary N) is 3. The van der Waals surface area contributed by atoms with Crippen LogP contribution in [0.1, 0.15) is 12.0 Å². The number of fused-ring (bicyclic) bond motifs is 1. The molecule has 22 heavy (non-hydrogen) atoms. The number of hydrogen-bond donors (Lipinski definition) is 3. The summed E-state index contributed by atoms with van der Waals surface area (Å²) >= 11 is 0. The van der Waals surface area contributed by atoms with Crippen LogP contribution in [0.15, 0.2) is 23.1 Å². The molecule has 0 bridgehead atoms. The van der Waals surface area contributed by atoms with Crippen molar-refractivity contribution in [1.29, 1.82) is 0 Å². The minimum Gasteiger partial charge on any atom is -0.376 e. The Balaban J connectivity index is 1.61. The van der Waals surface area contributed by atoms with E-state index in [0.29, 0.717) is 30.8 Å². The Morgan fingerprint density at radius 2 is 2.23 bits per heavy atom. The number of ether oxygens (including phenoxy) is 1. The van der Waals surface area contributed by atoms with Gasteiger partial charge < -0.3 is 15.4 Å². The normalized spacial score (nSPS) is 21.5. The summed E-state index contributed by atoms with van der Waals surface area (Å²) in [6, 6.07) is 4.68. The van der Waals surface area contributed by atoms with Crippen molar-refractivity contribution in [2.24, 2.45) is 0 Å². The minimum absolute atomic E-state index is 0.0401. The van der Waals surface area contributed by atoms with Crippen molar-refractivity contribution in [3.05, 3.63) is 23.8 Å². The van der Waals surface area contributed by atoms with Crippen molar-refractivity contribution < 1.29 is 17.9 Å². The molecule has 1 amide bonds. The van der Waals surface area contributed by atoms with E-state index < -0.39 is 10.0 Å². The summed E-state index contributed by atoms with van der Waals surface area (Å²) in [6.45, 7) is 2.56. The predicted octanol–water partition coefficient (Wildman–Crippen LogP) is -0.162. The molecule has 2 heterocycles. The zero-order valence-corrected chi connectivity index (χ0v) is 12.9. The standard InChI is InChI=1S/C14H19N3O4S/c18-14-8-10-7-12(1-2-13(10)17-14)22(19,20)16-4-3-11-9-15-5-6-21-11/h1-2,7,11,15-16H,3-6,8-9H2,(H,17,18). The van der Waals surface area contributed by atoms with Crippen LogP contribution in [-0.2, 0) is 26.0 Å². The van der Waals surface area contributed by atoms with Gasteiger partial charge in [0, 0.05) is 25.3 Å².